The van der Waals surface area contributed by atoms with Gasteiger partial charge in [-0.2, -0.15) is 5.10 Å². The Morgan fingerprint density at radius 3 is 2.78 bits per heavy atom. The van der Waals surface area contributed by atoms with E-state index in [0.717, 1.165) is 69.7 Å². The molecule has 9 nitrogen and oxygen atoms in total. The lowest BCUT2D eigenvalue weighted by Crippen LogP contribution is -2.32. The number of thiophene rings is 1. The van der Waals surface area contributed by atoms with Crippen molar-refractivity contribution in [3.05, 3.63) is 45.3 Å². The van der Waals surface area contributed by atoms with Crippen LogP contribution in [0.15, 0.2) is 28.3 Å². The van der Waals surface area contributed by atoms with E-state index in [4.69, 9.17) is 9.47 Å². The number of anilines is 1. The average Bonchev–Trinajstić information content (AvgIpc) is 3.54. The van der Waals surface area contributed by atoms with Gasteiger partial charge in [-0.05, 0) is 55.0 Å². The summed E-state index contributed by atoms with van der Waals surface area (Å²) in [7, 11) is 2.92. The van der Waals surface area contributed by atoms with Crippen molar-refractivity contribution in [2.75, 3.05) is 31.8 Å². The Balaban J connectivity index is 1.38. The van der Waals surface area contributed by atoms with Crippen molar-refractivity contribution in [3.63, 3.8) is 0 Å². The standard InChI is InChI=1S/C24H26N4O5S3/c1-32-17-8-7-14(11-15(17)13-35-24-25-9-10-34-24)12-26-28-21(30)20(29)27-22-19(23(31)33-2)16-5-3-4-6-18(16)36-22/h7-8,11-12H,3-6,9-10,13H2,1-2H3,(H,27,29)(H,28,30). The predicted octanol–water partition coefficient (Wildman–Crippen LogP) is 3.85. The number of carbonyl (C=O) groups excluding carboxylic acids is 3. The average molecular weight is 547 g/mol. The van der Waals surface area contributed by atoms with Gasteiger partial charge in [0.15, 0.2) is 0 Å². The molecule has 0 unspecified atom stereocenters. The summed E-state index contributed by atoms with van der Waals surface area (Å²) < 4.78 is 11.4. The number of hydrogen-bond acceptors (Lipinski definition) is 10. The van der Waals surface area contributed by atoms with E-state index in [1.807, 2.05) is 18.2 Å². The van der Waals surface area contributed by atoms with E-state index in [0.29, 0.717) is 16.3 Å². The molecule has 4 rings (SSSR count). The number of carbonyl (C=O) groups is 3. The van der Waals surface area contributed by atoms with Gasteiger partial charge in [0.1, 0.15) is 15.1 Å². The first-order valence-electron chi connectivity index (χ1n) is 11.3. The number of thioether (sulfide) groups is 2. The molecule has 0 bridgehead atoms. The molecule has 0 radical (unpaired) electrons. The summed E-state index contributed by atoms with van der Waals surface area (Å²) >= 11 is 4.72. The molecule has 2 aliphatic rings. The number of aliphatic imine (C=N–C) groups is 1. The van der Waals surface area contributed by atoms with Gasteiger partial charge in [0.2, 0.25) is 0 Å². The maximum absolute atomic E-state index is 12.5. The minimum Gasteiger partial charge on any atom is -0.496 e. The molecule has 36 heavy (non-hydrogen) atoms. The summed E-state index contributed by atoms with van der Waals surface area (Å²) in [5, 5.41) is 6.82. The van der Waals surface area contributed by atoms with Gasteiger partial charge in [0, 0.05) is 21.9 Å². The molecule has 1 aromatic carbocycles. The van der Waals surface area contributed by atoms with Gasteiger partial charge in [-0.3, -0.25) is 14.6 Å². The zero-order valence-corrected chi connectivity index (χ0v) is 22.4. The first-order chi connectivity index (χ1) is 17.5. The van der Waals surface area contributed by atoms with E-state index in [1.165, 1.54) is 24.7 Å². The fraction of sp³-hybridized carbons (Fsp3) is 0.375. The van der Waals surface area contributed by atoms with Crippen molar-refractivity contribution < 1.29 is 23.9 Å². The molecule has 0 saturated heterocycles. The summed E-state index contributed by atoms with van der Waals surface area (Å²) in [5.74, 6) is 0.102. The summed E-state index contributed by atoms with van der Waals surface area (Å²) in [5.41, 5.74) is 5.21. The van der Waals surface area contributed by atoms with Crippen LogP contribution < -0.4 is 15.5 Å². The van der Waals surface area contributed by atoms with Crippen LogP contribution in [0, 0.1) is 0 Å². The Morgan fingerprint density at radius 2 is 2.03 bits per heavy atom. The highest BCUT2D eigenvalue weighted by Crippen LogP contribution is 2.38. The fourth-order valence-corrected chi connectivity index (χ4v) is 7.14. The van der Waals surface area contributed by atoms with E-state index in [1.54, 1.807) is 30.6 Å². The number of nitrogens with one attached hydrogen (secondary N) is 2. The number of amides is 2. The van der Waals surface area contributed by atoms with E-state index in [-0.39, 0.29) is 0 Å². The summed E-state index contributed by atoms with van der Waals surface area (Å²) in [6.45, 7) is 0.850. The van der Waals surface area contributed by atoms with Crippen LogP contribution in [0.3, 0.4) is 0 Å². The Kier molecular flexibility index (Phi) is 9.05. The van der Waals surface area contributed by atoms with Crippen LogP contribution in [0.1, 0.15) is 44.8 Å². The van der Waals surface area contributed by atoms with Crippen molar-refractivity contribution in [2.24, 2.45) is 10.1 Å². The molecule has 0 fully saturated rings. The minimum absolute atomic E-state index is 0.334. The largest absolute Gasteiger partial charge is 0.496 e. The molecule has 0 spiro atoms. The maximum atomic E-state index is 12.5. The van der Waals surface area contributed by atoms with Crippen molar-refractivity contribution in [2.45, 2.75) is 31.4 Å². The van der Waals surface area contributed by atoms with Crippen molar-refractivity contribution >= 4 is 68.2 Å². The SMILES string of the molecule is COC(=O)c1c(NC(=O)C(=O)NN=Cc2ccc(OC)c(CSC3=NCCS3)c2)sc2c1CCCC2. The molecule has 2 aromatic rings. The zero-order chi connectivity index (χ0) is 25.5. The molecular weight excluding hydrogens is 520 g/mol. The normalized spacial score (nSPS) is 14.8. The van der Waals surface area contributed by atoms with Gasteiger partial charge in [0.25, 0.3) is 0 Å². The molecule has 190 valence electrons. The summed E-state index contributed by atoms with van der Waals surface area (Å²) in [4.78, 5) is 42.7. The number of methoxy groups -OCH3 is 2. The molecule has 1 aliphatic heterocycles. The van der Waals surface area contributed by atoms with Crippen LogP contribution in [-0.4, -0.2) is 54.9 Å². The Labute approximate surface area is 221 Å². The maximum Gasteiger partial charge on any atom is 0.341 e. The van der Waals surface area contributed by atoms with Crippen LogP contribution in [0.2, 0.25) is 0 Å². The smallest absolute Gasteiger partial charge is 0.341 e. The highest BCUT2D eigenvalue weighted by atomic mass is 32.2. The lowest BCUT2D eigenvalue weighted by atomic mass is 9.95. The van der Waals surface area contributed by atoms with Crippen LogP contribution in [0.4, 0.5) is 5.00 Å². The van der Waals surface area contributed by atoms with Crippen molar-refractivity contribution in [1.29, 1.82) is 0 Å². The van der Waals surface area contributed by atoms with E-state index in [9.17, 15) is 14.4 Å². The number of aryl methyl sites for hydroxylation is 1. The number of hydrazone groups is 1. The lowest BCUT2D eigenvalue weighted by Gasteiger charge is -2.11. The first-order valence-corrected chi connectivity index (χ1v) is 14.1. The number of esters is 1. The van der Waals surface area contributed by atoms with Crippen molar-refractivity contribution in [3.8, 4) is 5.75 Å². The second-order valence-electron chi connectivity index (χ2n) is 7.92. The summed E-state index contributed by atoms with van der Waals surface area (Å²) in [6.07, 6.45) is 5.04. The Hall–Kier alpha value is -2.83. The van der Waals surface area contributed by atoms with Crippen molar-refractivity contribution in [1.82, 2.24) is 5.43 Å². The van der Waals surface area contributed by atoms with Gasteiger partial charge in [-0.25, -0.2) is 10.2 Å². The molecule has 1 aliphatic carbocycles. The molecule has 1 aromatic heterocycles. The highest BCUT2D eigenvalue weighted by molar-refractivity contribution is 8.38. The van der Waals surface area contributed by atoms with Gasteiger partial charge >= 0.3 is 17.8 Å². The molecular formula is C24H26N4O5S3. The monoisotopic (exact) mass is 546 g/mol. The number of rotatable bonds is 7. The van der Waals surface area contributed by atoms with Gasteiger partial charge in [-0.15, -0.1) is 11.3 Å². The summed E-state index contributed by atoms with van der Waals surface area (Å²) in [6, 6.07) is 5.56. The third-order valence-corrected chi connectivity index (χ3v) is 9.10. The Morgan fingerprint density at radius 1 is 1.19 bits per heavy atom. The van der Waals surface area contributed by atoms with E-state index < -0.39 is 17.8 Å². The van der Waals surface area contributed by atoms with Gasteiger partial charge < -0.3 is 14.8 Å². The van der Waals surface area contributed by atoms with E-state index >= 15 is 0 Å². The lowest BCUT2D eigenvalue weighted by molar-refractivity contribution is -0.136. The number of ether oxygens (including phenoxy) is 2. The number of fused-ring (bicyclic) bond motifs is 1. The molecule has 2 N–H and O–H groups in total. The fourth-order valence-electron chi connectivity index (χ4n) is 3.88. The predicted molar refractivity (Wildman–Crippen MR) is 146 cm³/mol. The van der Waals surface area contributed by atoms with Crippen LogP contribution in [-0.2, 0) is 32.9 Å². The quantitative estimate of drug-likeness (QED) is 0.234. The molecule has 0 atom stereocenters. The number of hydrogen-bond donors (Lipinski definition) is 2. The second kappa shape index (κ2) is 12.4. The van der Waals surface area contributed by atoms with Crippen LogP contribution in [0.5, 0.6) is 5.75 Å². The van der Waals surface area contributed by atoms with Gasteiger partial charge in [0.05, 0.1) is 32.5 Å². The first kappa shape index (κ1) is 26.2. The second-order valence-corrected chi connectivity index (χ2v) is 11.3. The van der Waals surface area contributed by atoms with Crippen LogP contribution in [0.25, 0.3) is 0 Å². The van der Waals surface area contributed by atoms with Gasteiger partial charge in [-0.1, -0.05) is 23.5 Å². The topological polar surface area (TPSA) is 118 Å². The third kappa shape index (κ3) is 6.29. The number of nitrogens with zero attached hydrogens (tertiary/aromatic N) is 2. The highest BCUT2D eigenvalue weighted by Gasteiger charge is 2.28. The molecule has 2 amide bonds. The minimum atomic E-state index is -0.936. The third-order valence-electron chi connectivity index (χ3n) is 5.59. The molecule has 2 heterocycles. The van der Waals surface area contributed by atoms with Crippen LogP contribution >= 0.6 is 34.9 Å². The zero-order valence-electron chi connectivity index (χ0n) is 19.9. The number of benzene rings is 1. The molecule has 0 saturated carbocycles. The molecule has 12 heteroatoms. The Bertz CT molecular complexity index is 1220. The van der Waals surface area contributed by atoms with E-state index in [2.05, 4.69) is 20.8 Å².